The maximum Gasteiger partial charge on any atom is 0.310 e. The molecule has 0 spiro atoms. The van der Waals surface area contributed by atoms with Crippen LogP contribution in [0.4, 0.5) is 5.69 Å². The smallest absolute Gasteiger partial charge is 0.310 e. The molecule has 5 rings (SSSR count). The largest absolute Gasteiger partial charge is 0.462 e. The second kappa shape index (κ2) is 6.37. The van der Waals surface area contributed by atoms with Gasteiger partial charge in [0.1, 0.15) is 17.6 Å². The molecule has 1 N–H and O–H groups in total. The first kappa shape index (κ1) is 16.8. The van der Waals surface area contributed by atoms with Gasteiger partial charge in [0.25, 0.3) is 0 Å². The molecule has 27 heavy (non-hydrogen) atoms. The molecule has 2 saturated carbocycles. The molecule has 2 aromatic carbocycles. The Kier molecular flexibility index (Phi) is 3.97. The normalized spacial score (nSPS) is 30.3. The van der Waals surface area contributed by atoms with Crippen molar-refractivity contribution >= 4 is 33.5 Å². The number of fused-ring (bicyclic) bond motifs is 1. The summed E-state index contributed by atoms with van der Waals surface area (Å²) in [4.78, 5) is 24.9. The lowest BCUT2D eigenvalue weighted by atomic mass is 9.79. The topological polar surface area (TPSA) is 64.6 Å². The number of hydrogen-bond donors (Lipinski definition) is 1. The lowest BCUT2D eigenvalue weighted by Gasteiger charge is -2.23. The van der Waals surface area contributed by atoms with E-state index in [4.69, 9.17) is 9.47 Å². The molecule has 3 aliphatic rings. The molecule has 2 bridgehead atoms. The van der Waals surface area contributed by atoms with Crippen LogP contribution in [-0.2, 0) is 14.3 Å². The summed E-state index contributed by atoms with van der Waals surface area (Å²) < 4.78 is 12.2. The Hall–Kier alpha value is -2.34. The van der Waals surface area contributed by atoms with Crippen molar-refractivity contribution in [3.05, 3.63) is 53.0 Å². The van der Waals surface area contributed by atoms with E-state index in [1.807, 2.05) is 48.5 Å². The number of anilines is 1. The Morgan fingerprint density at radius 2 is 1.70 bits per heavy atom. The third-order valence-electron chi connectivity index (χ3n) is 5.96. The van der Waals surface area contributed by atoms with Crippen LogP contribution in [0.5, 0.6) is 11.5 Å². The molecule has 3 fully saturated rings. The quantitative estimate of drug-likeness (QED) is 0.735. The summed E-state index contributed by atoms with van der Waals surface area (Å²) in [6.07, 6.45) is 1.80. The fourth-order valence-electron chi connectivity index (χ4n) is 4.83. The van der Waals surface area contributed by atoms with Crippen LogP contribution in [0.2, 0.25) is 0 Å². The highest BCUT2D eigenvalue weighted by Gasteiger charge is 2.63. The van der Waals surface area contributed by atoms with Gasteiger partial charge < -0.3 is 14.8 Å². The number of esters is 1. The predicted octanol–water partition coefficient (Wildman–Crippen LogP) is 4.38. The van der Waals surface area contributed by atoms with Gasteiger partial charge >= 0.3 is 5.97 Å². The van der Waals surface area contributed by atoms with Crippen LogP contribution in [0.1, 0.15) is 12.8 Å². The average molecular weight is 428 g/mol. The summed E-state index contributed by atoms with van der Waals surface area (Å²) >= 11 is 3.39. The van der Waals surface area contributed by atoms with Crippen molar-refractivity contribution in [3.63, 3.8) is 0 Å². The molecule has 1 amide bonds. The van der Waals surface area contributed by atoms with Crippen molar-refractivity contribution in [2.24, 2.45) is 23.7 Å². The minimum absolute atomic E-state index is 0.0478. The van der Waals surface area contributed by atoms with E-state index in [-0.39, 0.29) is 41.7 Å². The third-order valence-corrected chi connectivity index (χ3v) is 6.49. The summed E-state index contributed by atoms with van der Waals surface area (Å²) in [5.41, 5.74) is 0.703. The maximum atomic E-state index is 12.8. The molecule has 1 heterocycles. The van der Waals surface area contributed by atoms with Crippen molar-refractivity contribution in [2.45, 2.75) is 18.9 Å². The average Bonchev–Trinajstić information content (AvgIpc) is 3.27. The first-order chi connectivity index (χ1) is 13.1. The lowest BCUT2D eigenvalue weighted by molar-refractivity contribution is -0.145. The summed E-state index contributed by atoms with van der Waals surface area (Å²) in [5.74, 6) is 1.14. The van der Waals surface area contributed by atoms with Gasteiger partial charge in [0, 0.05) is 16.1 Å². The SMILES string of the molecule is O=C(Nc1ccc(Oc2ccc(Br)cc2)cc1)C1C2CC3OC(=O)C1C3C2. The number of carbonyl (C=O) groups excluding carboxylic acids is 2. The van der Waals surface area contributed by atoms with Gasteiger partial charge in [0.15, 0.2) is 0 Å². The van der Waals surface area contributed by atoms with Gasteiger partial charge in [-0.2, -0.15) is 0 Å². The van der Waals surface area contributed by atoms with Crippen molar-refractivity contribution in [3.8, 4) is 11.5 Å². The van der Waals surface area contributed by atoms with E-state index in [1.165, 1.54) is 0 Å². The van der Waals surface area contributed by atoms with E-state index in [0.29, 0.717) is 11.4 Å². The van der Waals surface area contributed by atoms with Crippen molar-refractivity contribution in [1.82, 2.24) is 0 Å². The molecule has 1 aliphatic heterocycles. The zero-order valence-electron chi connectivity index (χ0n) is 14.4. The summed E-state index contributed by atoms with van der Waals surface area (Å²) in [6, 6.07) is 14.8. The zero-order chi connectivity index (χ0) is 18.5. The fourth-order valence-corrected chi connectivity index (χ4v) is 5.10. The Labute approximate surface area is 165 Å². The van der Waals surface area contributed by atoms with Crippen molar-refractivity contribution < 1.29 is 19.1 Å². The Balaban J connectivity index is 1.25. The third kappa shape index (κ3) is 2.92. The molecule has 0 radical (unpaired) electrons. The number of rotatable bonds is 4. The van der Waals surface area contributed by atoms with E-state index in [9.17, 15) is 9.59 Å². The number of amides is 1. The molecular formula is C21H18BrNO4. The van der Waals surface area contributed by atoms with Crippen LogP contribution in [-0.4, -0.2) is 18.0 Å². The van der Waals surface area contributed by atoms with Crippen LogP contribution in [0.25, 0.3) is 0 Å². The molecule has 5 unspecified atom stereocenters. The number of nitrogens with one attached hydrogen (secondary N) is 1. The first-order valence-corrected chi connectivity index (χ1v) is 9.92. The maximum absolute atomic E-state index is 12.8. The van der Waals surface area contributed by atoms with Crippen LogP contribution in [0, 0.1) is 23.7 Å². The highest BCUT2D eigenvalue weighted by atomic mass is 79.9. The van der Waals surface area contributed by atoms with Gasteiger partial charge in [-0.05, 0) is 67.3 Å². The molecule has 138 valence electrons. The highest BCUT2D eigenvalue weighted by Crippen LogP contribution is 2.57. The summed E-state index contributed by atoms with van der Waals surface area (Å²) in [7, 11) is 0. The van der Waals surface area contributed by atoms with E-state index >= 15 is 0 Å². The van der Waals surface area contributed by atoms with Crippen LogP contribution in [0.3, 0.4) is 0 Å². The molecular weight excluding hydrogens is 410 g/mol. The molecule has 1 saturated heterocycles. The number of ether oxygens (including phenoxy) is 2. The van der Waals surface area contributed by atoms with Gasteiger partial charge in [-0.1, -0.05) is 15.9 Å². The number of benzene rings is 2. The molecule has 5 nitrogen and oxygen atoms in total. The highest BCUT2D eigenvalue weighted by molar-refractivity contribution is 9.10. The minimum Gasteiger partial charge on any atom is -0.462 e. The van der Waals surface area contributed by atoms with Gasteiger partial charge in [-0.25, -0.2) is 0 Å². The zero-order valence-corrected chi connectivity index (χ0v) is 16.0. The van der Waals surface area contributed by atoms with Gasteiger partial charge in [-0.15, -0.1) is 0 Å². The standard InChI is InChI=1S/C21H18BrNO4/c22-12-1-5-14(6-2-12)26-15-7-3-13(4-8-15)23-20(24)18-11-9-16-17(10-11)27-21(25)19(16)18/h1-8,11,16-19H,9-10H2,(H,23,24). The van der Waals surface area contributed by atoms with E-state index in [0.717, 1.165) is 23.1 Å². The van der Waals surface area contributed by atoms with Crippen LogP contribution >= 0.6 is 15.9 Å². The van der Waals surface area contributed by atoms with Crippen LogP contribution < -0.4 is 10.1 Å². The Morgan fingerprint density at radius 3 is 2.41 bits per heavy atom. The monoisotopic (exact) mass is 427 g/mol. The molecule has 2 aromatic rings. The molecule has 2 aliphatic carbocycles. The summed E-state index contributed by atoms with van der Waals surface area (Å²) in [5, 5.41) is 2.96. The second-order valence-electron chi connectivity index (χ2n) is 7.49. The van der Waals surface area contributed by atoms with Crippen LogP contribution in [0.15, 0.2) is 53.0 Å². The predicted molar refractivity (Wildman–Crippen MR) is 102 cm³/mol. The van der Waals surface area contributed by atoms with E-state index in [2.05, 4.69) is 21.2 Å². The molecule has 6 heteroatoms. The van der Waals surface area contributed by atoms with E-state index in [1.54, 1.807) is 0 Å². The number of halogens is 1. The van der Waals surface area contributed by atoms with Gasteiger partial charge in [0.2, 0.25) is 5.91 Å². The molecule has 5 atom stereocenters. The number of hydrogen-bond acceptors (Lipinski definition) is 4. The van der Waals surface area contributed by atoms with Crippen molar-refractivity contribution in [1.29, 1.82) is 0 Å². The summed E-state index contributed by atoms with van der Waals surface area (Å²) in [6.45, 7) is 0. The van der Waals surface area contributed by atoms with Crippen molar-refractivity contribution in [2.75, 3.05) is 5.32 Å². The Morgan fingerprint density at radius 1 is 1.04 bits per heavy atom. The Bertz CT molecular complexity index is 893. The van der Waals surface area contributed by atoms with Gasteiger partial charge in [-0.3, -0.25) is 9.59 Å². The fraction of sp³-hybridized carbons (Fsp3) is 0.333. The second-order valence-corrected chi connectivity index (χ2v) is 8.41. The molecule has 0 aromatic heterocycles. The minimum atomic E-state index is -0.264. The lowest BCUT2D eigenvalue weighted by Crippen LogP contribution is -2.35. The first-order valence-electron chi connectivity index (χ1n) is 9.13. The van der Waals surface area contributed by atoms with E-state index < -0.39 is 0 Å². The number of carbonyl (C=O) groups is 2. The van der Waals surface area contributed by atoms with Gasteiger partial charge in [0.05, 0.1) is 11.8 Å².